The first kappa shape index (κ1) is 14.2. The van der Waals surface area contributed by atoms with Crippen molar-refractivity contribution in [2.45, 2.75) is 46.5 Å². The molecule has 0 aliphatic carbocycles. The van der Waals surface area contributed by atoms with E-state index in [1.165, 1.54) is 38.9 Å². The third-order valence-corrected chi connectivity index (χ3v) is 2.84. The second kappa shape index (κ2) is 9.79. The molecule has 0 N–H and O–H groups in total. The lowest BCUT2D eigenvalue weighted by atomic mass is 10.0. The van der Waals surface area contributed by atoms with Crippen LogP contribution in [0, 0.1) is 5.92 Å². The Morgan fingerprint density at radius 2 is 1.57 bits per heavy atom. The normalized spacial score (nSPS) is 13.5. The van der Waals surface area contributed by atoms with Crippen molar-refractivity contribution in [3.63, 3.8) is 0 Å². The molecule has 0 aromatic heterocycles. The van der Waals surface area contributed by atoms with Gasteiger partial charge in [-0.1, -0.05) is 20.8 Å². The Bertz CT molecular complexity index is 111. The summed E-state index contributed by atoms with van der Waals surface area (Å²) in [6.07, 6.45) is 4.99. The van der Waals surface area contributed by atoms with E-state index in [1.54, 1.807) is 0 Å². The third kappa shape index (κ3) is 7.64. The zero-order valence-electron chi connectivity index (χ0n) is 10.1. The lowest BCUT2D eigenvalue weighted by molar-refractivity contribution is 0.254. The molecule has 1 unspecified atom stereocenters. The van der Waals surface area contributed by atoms with Crippen molar-refractivity contribution in [2.24, 2.45) is 5.92 Å². The Balaban J connectivity index is 3.57. The molecule has 0 aromatic rings. The summed E-state index contributed by atoms with van der Waals surface area (Å²) in [5.74, 6) is 1.59. The van der Waals surface area contributed by atoms with E-state index in [0.717, 1.165) is 18.2 Å². The minimum absolute atomic E-state index is 0.781. The summed E-state index contributed by atoms with van der Waals surface area (Å²) in [4.78, 5) is 2.57. The second-order valence-electron chi connectivity index (χ2n) is 4.21. The summed E-state index contributed by atoms with van der Waals surface area (Å²) in [7, 11) is 0. The molecule has 2 heteroatoms. The van der Waals surface area contributed by atoms with E-state index >= 15 is 0 Å². The van der Waals surface area contributed by atoms with Crippen LogP contribution in [0.5, 0.6) is 0 Å². The molecule has 0 aliphatic rings. The minimum atomic E-state index is 0.781. The van der Waals surface area contributed by atoms with Gasteiger partial charge >= 0.3 is 0 Å². The van der Waals surface area contributed by atoms with Crippen LogP contribution >= 0.6 is 11.6 Å². The Morgan fingerprint density at radius 1 is 1.00 bits per heavy atom. The number of nitrogens with zero attached hydrogens (tertiary/aromatic N) is 1. The van der Waals surface area contributed by atoms with Crippen molar-refractivity contribution in [3.8, 4) is 0 Å². The third-order valence-electron chi connectivity index (χ3n) is 2.62. The molecule has 0 aliphatic heterocycles. The highest BCUT2D eigenvalue weighted by Crippen LogP contribution is 2.09. The Kier molecular flexibility index (Phi) is 9.97. The van der Waals surface area contributed by atoms with Crippen LogP contribution < -0.4 is 0 Å². The lowest BCUT2D eigenvalue weighted by Crippen LogP contribution is -2.27. The van der Waals surface area contributed by atoms with Gasteiger partial charge in [0.05, 0.1) is 0 Å². The zero-order chi connectivity index (χ0) is 10.8. The summed E-state index contributed by atoms with van der Waals surface area (Å²) in [5, 5.41) is 0. The van der Waals surface area contributed by atoms with E-state index in [1.807, 2.05) is 0 Å². The van der Waals surface area contributed by atoms with Gasteiger partial charge in [-0.15, -0.1) is 11.6 Å². The van der Waals surface area contributed by atoms with Crippen LogP contribution in [-0.4, -0.2) is 30.4 Å². The van der Waals surface area contributed by atoms with Crippen LogP contribution in [0.4, 0.5) is 0 Å². The fraction of sp³-hybridized carbons (Fsp3) is 1.00. The smallest absolute Gasteiger partial charge is 0.0225 e. The quantitative estimate of drug-likeness (QED) is 0.534. The van der Waals surface area contributed by atoms with Gasteiger partial charge in [-0.3, -0.25) is 0 Å². The van der Waals surface area contributed by atoms with Crippen LogP contribution in [0.15, 0.2) is 0 Å². The maximum absolute atomic E-state index is 5.72. The molecule has 0 saturated carbocycles. The molecular weight excluding hydrogens is 194 g/mol. The maximum atomic E-state index is 5.72. The molecule has 0 radical (unpaired) electrons. The number of halogens is 1. The predicted octanol–water partition coefficient (Wildman–Crippen LogP) is 3.76. The summed E-state index contributed by atoms with van der Waals surface area (Å²) in [6.45, 7) is 10.6. The Labute approximate surface area is 94.8 Å². The highest BCUT2D eigenvalue weighted by Gasteiger charge is 2.06. The van der Waals surface area contributed by atoms with E-state index in [2.05, 4.69) is 25.7 Å². The summed E-state index contributed by atoms with van der Waals surface area (Å²) in [5.41, 5.74) is 0. The molecule has 86 valence electrons. The van der Waals surface area contributed by atoms with Gasteiger partial charge in [0.15, 0.2) is 0 Å². The van der Waals surface area contributed by atoms with Gasteiger partial charge in [-0.05, 0) is 51.2 Å². The fourth-order valence-electron chi connectivity index (χ4n) is 1.70. The second-order valence-corrected chi connectivity index (χ2v) is 4.59. The number of hydrogen-bond donors (Lipinski definition) is 0. The molecule has 0 heterocycles. The van der Waals surface area contributed by atoms with Gasteiger partial charge in [0.2, 0.25) is 0 Å². The first-order chi connectivity index (χ1) is 6.74. The van der Waals surface area contributed by atoms with Crippen molar-refractivity contribution in [1.82, 2.24) is 4.90 Å². The lowest BCUT2D eigenvalue weighted by Gasteiger charge is -2.22. The monoisotopic (exact) mass is 219 g/mol. The Hall–Kier alpha value is 0.250. The summed E-state index contributed by atoms with van der Waals surface area (Å²) >= 11 is 5.72. The molecule has 0 rings (SSSR count). The Morgan fingerprint density at radius 3 is 2.00 bits per heavy atom. The van der Waals surface area contributed by atoms with Crippen LogP contribution in [0.25, 0.3) is 0 Å². The molecule has 0 saturated heterocycles. The van der Waals surface area contributed by atoms with E-state index < -0.39 is 0 Å². The molecule has 14 heavy (non-hydrogen) atoms. The molecule has 0 spiro atoms. The van der Waals surface area contributed by atoms with Crippen molar-refractivity contribution < 1.29 is 0 Å². The number of hydrogen-bond acceptors (Lipinski definition) is 1. The first-order valence-corrected chi connectivity index (χ1v) is 6.56. The zero-order valence-corrected chi connectivity index (χ0v) is 10.8. The highest BCUT2D eigenvalue weighted by atomic mass is 35.5. The topological polar surface area (TPSA) is 3.24 Å². The largest absolute Gasteiger partial charge is 0.303 e. The molecule has 0 aromatic carbocycles. The highest BCUT2D eigenvalue weighted by molar-refractivity contribution is 6.17. The molecule has 0 amide bonds. The summed E-state index contributed by atoms with van der Waals surface area (Å²) < 4.78 is 0. The average molecular weight is 220 g/mol. The predicted molar refractivity (Wildman–Crippen MR) is 66.1 cm³/mol. The van der Waals surface area contributed by atoms with E-state index in [-0.39, 0.29) is 0 Å². The SMILES string of the molecule is CCCN(CCC)CCC(C)CCCl. The van der Waals surface area contributed by atoms with Crippen molar-refractivity contribution in [2.75, 3.05) is 25.5 Å². The van der Waals surface area contributed by atoms with Gasteiger partial charge < -0.3 is 4.90 Å². The van der Waals surface area contributed by atoms with Crippen molar-refractivity contribution in [1.29, 1.82) is 0 Å². The fourth-order valence-corrected chi connectivity index (χ4v) is 2.07. The molecule has 1 atom stereocenters. The van der Waals surface area contributed by atoms with Gasteiger partial charge in [0.1, 0.15) is 0 Å². The van der Waals surface area contributed by atoms with Crippen LogP contribution in [0.3, 0.4) is 0 Å². The average Bonchev–Trinajstić information content (AvgIpc) is 2.15. The van der Waals surface area contributed by atoms with Gasteiger partial charge in [-0.25, -0.2) is 0 Å². The molecule has 0 fully saturated rings. The van der Waals surface area contributed by atoms with E-state index in [4.69, 9.17) is 11.6 Å². The van der Waals surface area contributed by atoms with Crippen molar-refractivity contribution in [3.05, 3.63) is 0 Å². The van der Waals surface area contributed by atoms with Gasteiger partial charge in [0.25, 0.3) is 0 Å². The van der Waals surface area contributed by atoms with Crippen LogP contribution in [-0.2, 0) is 0 Å². The van der Waals surface area contributed by atoms with E-state index in [9.17, 15) is 0 Å². The molecule has 1 nitrogen and oxygen atoms in total. The van der Waals surface area contributed by atoms with E-state index in [0.29, 0.717) is 0 Å². The number of alkyl halides is 1. The first-order valence-electron chi connectivity index (χ1n) is 6.02. The van der Waals surface area contributed by atoms with Crippen molar-refractivity contribution >= 4 is 11.6 Å². The molecular formula is C12H26ClN. The maximum Gasteiger partial charge on any atom is 0.0225 e. The number of rotatable bonds is 9. The minimum Gasteiger partial charge on any atom is -0.303 e. The van der Waals surface area contributed by atoms with Gasteiger partial charge in [0, 0.05) is 5.88 Å². The van der Waals surface area contributed by atoms with Gasteiger partial charge in [-0.2, -0.15) is 0 Å². The molecule has 0 bridgehead atoms. The summed E-state index contributed by atoms with van der Waals surface area (Å²) in [6, 6.07) is 0. The van der Waals surface area contributed by atoms with Crippen LogP contribution in [0.2, 0.25) is 0 Å². The van der Waals surface area contributed by atoms with Crippen LogP contribution in [0.1, 0.15) is 46.5 Å². The standard InChI is InChI=1S/C12H26ClN/c1-4-9-14(10-5-2)11-7-12(3)6-8-13/h12H,4-11H2,1-3H3.